The van der Waals surface area contributed by atoms with Crippen LogP contribution in [0, 0.1) is 0 Å². The normalized spacial score (nSPS) is 11.2. The van der Waals surface area contributed by atoms with E-state index in [-0.39, 0.29) is 17.1 Å². The van der Waals surface area contributed by atoms with E-state index in [0.29, 0.717) is 22.0 Å². The van der Waals surface area contributed by atoms with Gasteiger partial charge in [0.2, 0.25) is 0 Å². The van der Waals surface area contributed by atoms with E-state index >= 15 is 0 Å². The maximum Gasteiger partial charge on any atom is 0.275 e. The number of para-hydroxylation sites is 1. The van der Waals surface area contributed by atoms with Crippen LogP contribution in [0.2, 0.25) is 5.02 Å². The summed E-state index contributed by atoms with van der Waals surface area (Å²) in [7, 11) is 0. The zero-order valence-corrected chi connectivity index (χ0v) is 15.2. The van der Waals surface area contributed by atoms with Gasteiger partial charge in [-0.25, -0.2) is 5.43 Å². The second-order valence-electron chi connectivity index (χ2n) is 5.61. The minimum absolute atomic E-state index is 0.0442. The monoisotopic (exact) mass is 394 g/mol. The molecule has 7 nitrogen and oxygen atoms in total. The van der Waals surface area contributed by atoms with Crippen LogP contribution in [0.3, 0.4) is 0 Å². The van der Waals surface area contributed by atoms with Gasteiger partial charge in [0.1, 0.15) is 17.2 Å². The van der Waals surface area contributed by atoms with Gasteiger partial charge in [-0.15, -0.1) is 5.11 Å². The third kappa shape index (κ3) is 4.72. The average molecular weight is 395 g/mol. The molecule has 0 atom stereocenters. The number of nitrogens with one attached hydrogen (secondary N) is 1. The highest BCUT2D eigenvalue weighted by Gasteiger charge is 2.09. The molecule has 0 aliphatic rings. The zero-order valence-electron chi connectivity index (χ0n) is 14.5. The number of carbonyl (C=O) groups is 1. The second-order valence-corrected chi connectivity index (χ2v) is 6.02. The van der Waals surface area contributed by atoms with Crippen molar-refractivity contribution in [2.24, 2.45) is 15.3 Å². The largest absolute Gasteiger partial charge is 0.507 e. The highest BCUT2D eigenvalue weighted by molar-refractivity contribution is 6.32. The highest BCUT2D eigenvalue weighted by atomic mass is 35.5. The summed E-state index contributed by atoms with van der Waals surface area (Å²) in [6.45, 7) is 0. The van der Waals surface area contributed by atoms with E-state index in [1.807, 2.05) is 0 Å². The molecule has 140 valence electrons. The van der Waals surface area contributed by atoms with Gasteiger partial charge in [-0.1, -0.05) is 35.9 Å². The molecule has 0 aromatic heterocycles. The van der Waals surface area contributed by atoms with Crippen molar-refractivity contribution in [1.29, 1.82) is 0 Å². The summed E-state index contributed by atoms with van der Waals surface area (Å²) in [5.74, 6) is -0.777. The number of halogens is 1. The Morgan fingerprint density at radius 2 is 1.68 bits per heavy atom. The Bertz CT molecular complexity index is 1070. The van der Waals surface area contributed by atoms with E-state index in [1.54, 1.807) is 48.5 Å². The molecule has 0 heterocycles. The number of phenolic OH excluding ortho intramolecular Hbond substituents is 2. The van der Waals surface area contributed by atoms with Crippen LogP contribution in [0.25, 0.3) is 0 Å². The molecule has 0 saturated carbocycles. The number of aromatic hydroxyl groups is 2. The third-order valence-corrected chi connectivity index (χ3v) is 3.97. The SMILES string of the molecule is O=C(NN=Cc1cc(N=Nc2ccccc2Cl)ccc1O)c1ccccc1O. The van der Waals surface area contributed by atoms with Crippen LogP contribution in [0.15, 0.2) is 82.1 Å². The van der Waals surface area contributed by atoms with Gasteiger partial charge in [0.15, 0.2) is 0 Å². The molecule has 0 radical (unpaired) electrons. The van der Waals surface area contributed by atoms with Crippen LogP contribution in [0.1, 0.15) is 15.9 Å². The van der Waals surface area contributed by atoms with Gasteiger partial charge in [0.25, 0.3) is 5.91 Å². The molecule has 0 saturated heterocycles. The smallest absolute Gasteiger partial charge is 0.275 e. The summed E-state index contributed by atoms with van der Waals surface area (Å²) < 4.78 is 0. The number of nitrogens with zero attached hydrogens (tertiary/aromatic N) is 3. The molecule has 0 bridgehead atoms. The van der Waals surface area contributed by atoms with Crippen molar-refractivity contribution in [3.05, 3.63) is 82.9 Å². The lowest BCUT2D eigenvalue weighted by Gasteiger charge is -2.03. The molecule has 3 rings (SSSR count). The first-order chi connectivity index (χ1) is 13.5. The van der Waals surface area contributed by atoms with Crippen molar-refractivity contribution in [1.82, 2.24) is 5.43 Å². The Labute approximate surface area is 165 Å². The summed E-state index contributed by atoms with van der Waals surface area (Å²) in [4.78, 5) is 12.0. The Morgan fingerprint density at radius 3 is 2.46 bits per heavy atom. The fourth-order valence-electron chi connectivity index (χ4n) is 2.24. The van der Waals surface area contributed by atoms with Crippen molar-refractivity contribution in [3.63, 3.8) is 0 Å². The first-order valence-electron chi connectivity index (χ1n) is 8.15. The van der Waals surface area contributed by atoms with Crippen LogP contribution < -0.4 is 5.43 Å². The Hall–Kier alpha value is -3.71. The van der Waals surface area contributed by atoms with E-state index in [2.05, 4.69) is 20.8 Å². The number of hydrogen-bond donors (Lipinski definition) is 3. The lowest BCUT2D eigenvalue weighted by Crippen LogP contribution is -2.17. The summed E-state index contributed by atoms with van der Waals surface area (Å²) in [6, 6.07) is 17.7. The van der Waals surface area contributed by atoms with Gasteiger partial charge in [-0.2, -0.15) is 10.2 Å². The van der Waals surface area contributed by atoms with Crippen LogP contribution in [0.4, 0.5) is 11.4 Å². The molecular formula is C20H15ClN4O3. The molecule has 28 heavy (non-hydrogen) atoms. The van der Waals surface area contributed by atoms with Crippen molar-refractivity contribution in [2.75, 3.05) is 0 Å². The van der Waals surface area contributed by atoms with Crippen LogP contribution in [0.5, 0.6) is 11.5 Å². The average Bonchev–Trinajstić information content (AvgIpc) is 2.69. The fourth-order valence-corrected chi connectivity index (χ4v) is 2.41. The van der Waals surface area contributed by atoms with Crippen LogP contribution in [-0.2, 0) is 0 Å². The first-order valence-corrected chi connectivity index (χ1v) is 8.53. The number of rotatable bonds is 5. The number of phenols is 2. The quantitative estimate of drug-likeness (QED) is 0.324. The van der Waals surface area contributed by atoms with Crippen molar-refractivity contribution in [2.45, 2.75) is 0 Å². The van der Waals surface area contributed by atoms with E-state index in [9.17, 15) is 15.0 Å². The molecule has 0 aliphatic heterocycles. The predicted molar refractivity (Wildman–Crippen MR) is 107 cm³/mol. The number of benzene rings is 3. The highest BCUT2D eigenvalue weighted by Crippen LogP contribution is 2.27. The predicted octanol–water partition coefficient (Wildman–Crippen LogP) is 4.93. The topological polar surface area (TPSA) is 107 Å². The Morgan fingerprint density at radius 1 is 0.929 bits per heavy atom. The lowest BCUT2D eigenvalue weighted by atomic mass is 10.2. The van der Waals surface area contributed by atoms with Gasteiger partial charge >= 0.3 is 0 Å². The maximum absolute atomic E-state index is 12.0. The standard InChI is InChI=1S/C20H15ClN4O3/c21-16-6-2-3-7-17(16)24-23-14-9-10-18(26)13(11-14)12-22-25-20(28)15-5-1-4-8-19(15)27/h1-12,26-27H,(H,25,28). The minimum atomic E-state index is -0.580. The van der Waals surface area contributed by atoms with Crippen molar-refractivity contribution < 1.29 is 15.0 Å². The molecule has 0 spiro atoms. The number of carbonyl (C=O) groups excluding carboxylic acids is 1. The number of hydrazone groups is 1. The maximum atomic E-state index is 12.0. The Balaban J connectivity index is 1.73. The molecule has 0 unspecified atom stereocenters. The molecule has 3 aromatic rings. The summed E-state index contributed by atoms with van der Waals surface area (Å²) >= 11 is 6.03. The number of amides is 1. The van der Waals surface area contributed by atoms with E-state index < -0.39 is 5.91 Å². The first kappa shape index (κ1) is 19.1. The van der Waals surface area contributed by atoms with E-state index in [4.69, 9.17) is 11.6 Å². The van der Waals surface area contributed by atoms with Crippen LogP contribution in [-0.4, -0.2) is 22.3 Å². The van der Waals surface area contributed by atoms with Gasteiger partial charge in [0.05, 0.1) is 22.5 Å². The zero-order chi connectivity index (χ0) is 19.9. The molecule has 1 amide bonds. The van der Waals surface area contributed by atoms with E-state index in [0.717, 1.165) is 0 Å². The molecule has 3 N–H and O–H groups in total. The van der Waals surface area contributed by atoms with Crippen LogP contribution >= 0.6 is 11.6 Å². The number of azo groups is 1. The van der Waals surface area contributed by atoms with Crippen molar-refractivity contribution >= 4 is 35.1 Å². The van der Waals surface area contributed by atoms with E-state index in [1.165, 1.54) is 24.4 Å². The summed E-state index contributed by atoms with van der Waals surface area (Å²) in [5.41, 5.74) is 3.68. The molecular weight excluding hydrogens is 380 g/mol. The third-order valence-electron chi connectivity index (χ3n) is 3.66. The summed E-state index contributed by atoms with van der Waals surface area (Å²) in [6.07, 6.45) is 1.27. The van der Waals surface area contributed by atoms with Gasteiger partial charge in [-0.05, 0) is 42.5 Å². The molecule has 3 aromatic carbocycles. The fraction of sp³-hybridized carbons (Fsp3) is 0. The minimum Gasteiger partial charge on any atom is -0.507 e. The lowest BCUT2D eigenvalue weighted by molar-refractivity contribution is 0.0952. The Kier molecular flexibility index (Phi) is 5.98. The molecule has 0 fully saturated rings. The summed E-state index contributed by atoms with van der Waals surface area (Å²) in [5, 5.41) is 32.1. The van der Waals surface area contributed by atoms with Crippen molar-refractivity contribution in [3.8, 4) is 11.5 Å². The molecule has 0 aliphatic carbocycles. The number of hydrogen-bond acceptors (Lipinski definition) is 6. The van der Waals surface area contributed by atoms with Gasteiger partial charge in [-0.3, -0.25) is 4.79 Å². The molecule has 8 heteroatoms. The second kappa shape index (κ2) is 8.79. The van der Waals surface area contributed by atoms with Gasteiger partial charge < -0.3 is 10.2 Å². The van der Waals surface area contributed by atoms with Gasteiger partial charge in [0, 0.05) is 5.56 Å².